The summed E-state index contributed by atoms with van der Waals surface area (Å²) < 4.78 is 0. The van der Waals surface area contributed by atoms with E-state index >= 15 is 0 Å². The first-order valence-corrected chi connectivity index (χ1v) is 6.95. The molecule has 0 atom stereocenters. The molecule has 0 spiro atoms. The molecular formula is C11H15N3O3S. The molecule has 1 saturated heterocycles. The Morgan fingerprint density at radius 3 is 2.89 bits per heavy atom. The molecule has 1 fully saturated rings. The monoisotopic (exact) mass is 269 g/mol. The Balaban J connectivity index is 2.37. The fourth-order valence-corrected chi connectivity index (χ4v) is 2.46. The summed E-state index contributed by atoms with van der Waals surface area (Å²) in [6.45, 7) is 2.82. The van der Waals surface area contributed by atoms with Crippen LogP contribution in [0, 0.1) is 6.92 Å². The number of amides is 1. The van der Waals surface area contributed by atoms with Crippen molar-refractivity contribution in [2.75, 3.05) is 19.4 Å². The quantitative estimate of drug-likeness (QED) is 0.639. The van der Waals surface area contributed by atoms with E-state index in [1.807, 2.05) is 0 Å². The molecule has 0 radical (unpaired) electrons. The maximum atomic E-state index is 12.3. The topological polar surface area (TPSA) is 75.3 Å². The molecule has 1 aromatic heterocycles. The number of carbonyl (C=O) groups is 1. The zero-order valence-corrected chi connectivity index (χ0v) is 11.2. The minimum atomic E-state index is -0.437. The molecule has 0 saturated carbocycles. The minimum Gasteiger partial charge on any atom is -0.309 e. The predicted octanol–water partition coefficient (Wildman–Crippen LogP) is 0.968. The van der Waals surface area contributed by atoms with Crippen LogP contribution in [0.15, 0.2) is 9.82 Å². The van der Waals surface area contributed by atoms with Gasteiger partial charge in [0.15, 0.2) is 0 Å². The van der Waals surface area contributed by atoms with Gasteiger partial charge in [0.1, 0.15) is 5.03 Å². The summed E-state index contributed by atoms with van der Waals surface area (Å²) in [6.07, 6.45) is 3.67. The highest BCUT2D eigenvalue weighted by Gasteiger charge is 2.25. The van der Waals surface area contributed by atoms with Gasteiger partial charge in [0, 0.05) is 12.2 Å². The van der Waals surface area contributed by atoms with Gasteiger partial charge in [-0.05, 0) is 26.0 Å². The SMILES string of the molecule is CSc1nc(=O)[nH]c(C)c1C(=O)N1CCCCO1. The van der Waals surface area contributed by atoms with Crippen LogP contribution in [0.5, 0.6) is 0 Å². The summed E-state index contributed by atoms with van der Waals surface area (Å²) in [7, 11) is 0. The lowest BCUT2D eigenvalue weighted by Crippen LogP contribution is -2.37. The molecule has 7 heteroatoms. The number of thioether (sulfide) groups is 1. The third-order valence-corrected chi connectivity index (χ3v) is 3.40. The molecule has 1 aromatic rings. The second-order valence-corrected chi connectivity index (χ2v) is 4.79. The summed E-state index contributed by atoms with van der Waals surface area (Å²) in [5.41, 5.74) is 0.510. The molecule has 1 N–H and O–H groups in total. The van der Waals surface area contributed by atoms with Gasteiger partial charge in [0.05, 0.1) is 12.2 Å². The van der Waals surface area contributed by atoms with Crippen LogP contribution in [-0.4, -0.2) is 40.3 Å². The van der Waals surface area contributed by atoms with Gasteiger partial charge in [-0.25, -0.2) is 9.86 Å². The van der Waals surface area contributed by atoms with Crippen molar-refractivity contribution >= 4 is 17.7 Å². The summed E-state index contributed by atoms with van der Waals surface area (Å²) in [6, 6.07) is 0. The fraction of sp³-hybridized carbons (Fsp3) is 0.545. The van der Waals surface area contributed by atoms with Gasteiger partial charge in [-0.1, -0.05) is 0 Å². The second kappa shape index (κ2) is 5.53. The highest BCUT2D eigenvalue weighted by atomic mass is 32.2. The van der Waals surface area contributed by atoms with Gasteiger partial charge in [-0.15, -0.1) is 11.8 Å². The summed E-state index contributed by atoms with van der Waals surface area (Å²) in [5, 5.41) is 1.79. The first-order chi connectivity index (χ1) is 8.63. The van der Waals surface area contributed by atoms with Crippen molar-refractivity contribution in [3.63, 3.8) is 0 Å². The number of nitrogens with zero attached hydrogens (tertiary/aromatic N) is 2. The molecule has 6 nitrogen and oxygen atoms in total. The molecule has 0 bridgehead atoms. The maximum absolute atomic E-state index is 12.3. The fourth-order valence-electron chi connectivity index (χ4n) is 1.84. The van der Waals surface area contributed by atoms with Gasteiger partial charge < -0.3 is 4.98 Å². The largest absolute Gasteiger partial charge is 0.346 e. The van der Waals surface area contributed by atoms with E-state index < -0.39 is 5.69 Å². The van der Waals surface area contributed by atoms with Crippen LogP contribution in [0.4, 0.5) is 0 Å². The van der Waals surface area contributed by atoms with Gasteiger partial charge in [0.25, 0.3) is 5.91 Å². The molecule has 98 valence electrons. The third kappa shape index (κ3) is 2.56. The number of hydrogen-bond acceptors (Lipinski definition) is 5. The Labute approximate surface area is 109 Å². The standard InChI is InChI=1S/C11H15N3O3S/c1-7-8(9(18-2)13-11(16)12-7)10(15)14-5-3-4-6-17-14/h3-6H2,1-2H3,(H,12,13,16). The molecule has 2 rings (SSSR count). The van der Waals surface area contributed by atoms with Gasteiger partial charge in [0.2, 0.25) is 0 Å². The minimum absolute atomic E-state index is 0.236. The van der Waals surface area contributed by atoms with Crippen molar-refractivity contribution in [2.24, 2.45) is 0 Å². The average Bonchev–Trinajstić information content (AvgIpc) is 2.38. The summed E-state index contributed by atoms with van der Waals surface area (Å²) in [5.74, 6) is -0.236. The molecular weight excluding hydrogens is 254 g/mol. The molecule has 0 aromatic carbocycles. The van der Waals surface area contributed by atoms with Crippen LogP contribution in [0.25, 0.3) is 0 Å². The molecule has 1 amide bonds. The van der Waals surface area contributed by atoms with Crippen LogP contribution < -0.4 is 5.69 Å². The number of carbonyl (C=O) groups excluding carboxylic acids is 1. The van der Waals surface area contributed by atoms with E-state index in [0.717, 1.165) is 12.8 Å². The smallest absolute Gasteiger partial charge is 0.309 e. The van der Waals surface area contributed by atoms with E-state index in [1.165, 1.54) is 16.8 Å². The lowest BCUT2D eigenvalue weighted by molar-refractivity contribution is -0.144. The number of hydrogen-bond donors (Lipinski definition) is 1. The van der Waals surface area contributed by atoms with Crippen molar-refractivity contribution in [3.8, 4) is 0 Å². The van der Waals surface area contributed by atoms with Crippen molar-refractivity contribution in [2.45, 2.75) is 24.8 Å². The van der Waals surface area contributed by atoms with E-state index in [0.29, 0.717) is 29.4 Å². The first kappa shape index (κ1) is 13.1. The molecule has 1 aliphatic heterocycles. The van der Waals surface area contributed by atoms with Crippen LogP contribution in [0.3, 0.4) is 0 Å². The van der Waals surface area contributed by atoms with E-state index in [9.17, 15) is 9.59 Å². The number of hydroxylamine groups is 2. The molecule has 0 unspecified atom stereocenters. The average molecular weight is 269 g/mol. The normalized spacial score (nSPS) is 15.8. The van der Waals surface area contributed by atoms with Gasteiger partial charge in [-0.2, -0.15) is 4.98 Å². The molecule has 1 aliphatic rings. The van der Waals surface area contributed by atoms with Crippen molar-refractivity contribution in [1.29, 1.82) is 0 Å². The van der Waals surface area contributed by atoms with E-state index in [4.69, 9.17) is 4.84 Å². The van der Waals surface area contributed by atoms with Crippen molar-refractivity contribution in [3.05, 3.63) is 21.7 Å². The number of aryl methyl sites for hydroxylation is 1. The molecule has 0 aliphatic carbocycles. The number of H-pyrrole nitrogens is 1. The zero-order valence-electron chi connectivity index (χ0n) is 10.4. The van der Waals surface area contributed by atoms with Crippen molar-refractivity contribution < 1.29 is 9.63 Å². The Bertz CT molecular complexity index is 509. The highest BCUT2D eigenvalue weighted by Crippen LogP contribution is 2.21. The predicted molar refractivity (Wildman–Crippen MR) is 67.6 cm³/mol. The Hall–Kier alpha value is -1.34. The van der Waals surface area contributed by atoms with Crippen LogP contribution in [0.1, 0.15) is 28.9 Å². The number of rotatable bonds is 2. The molecule has 18 heavy (non-hydrogen) atoms. The Morgan fingerprint density at radius 1 is 1.50 bits per heavy atom. The Morgan fingerprint density at radius 2 is 2.28 bits per heavy atom. The van der Waals surface area contributed by atoms with Crippen LogP contribution in [-0.2, 0) is 4.84 Å². The van der Waals surface area contributed by atoms with E-state index in [-0.39, 0.29) is 5.91 Å². The number of aromatic amines is 1. The lowest BCUT2D eigenvalue weighted by Gasteiger charge is -2.26. The summed E-state index contributed by atoms with van der Waals surface area (Å²) in [4.78, 5) is 35.3. The number of nitrogens with one attached hydrogen (secondary N) is 1. The second-order valence-electron chi connectivity index (χ2n) is 4.00. The van der Waals surface area contributed by atoms with E-state index in [2.05, 4.69) is 9.97 Å². The zero-order chi connectivity index (χ0) is 13.1. The van der Waals surface area contributed by atoms with E-state index in [1.54, 1.807) is 13.2 Å². The van der Waals surface area contributed by atoms with Crippen LogP contribution in [0.2, 0.25) is 0 Å². The number of aromatic nitrogens is 2. The van der Waals surface area contributed by atoms with Crippen molar-refractivity contribution in [1.82, 2.24) is 15.0 Å². The van der Waals surface area contributed by atoms with Gasteiger partial charge in [-0.3, -0.25) is 9.63 Å². The highest BCUT2D eigenvalue weighted by molar-refractivity contribution is 7.98. The lowest BCUT2D eigenvalue weighted by atomic mass is 10.2. The first-order valence-electron chi connectivity index (χ1n) is 5.73. The molecule has 2 heterocycles. The third-order valence-electron chi connectivity index (χ3n) is 2.72. The maximum Gasteiger partial charge on any atom is 0.346 e. The van der Waals surface area contributed by atoms with Crippen LogP contribution >= 0.6 is 11.8 Å². The summed E-state index contributed by atoms with van der Waals surface area (Å²) >= 11 is 1.28. The Kier molecular flexibility index (Phi) is 4.03. The van der Waals surface area contributed by atoms with Gasteiger partial charge >= 0.3 is 5.69 Å².